The first kappa shape index (κ1) is 27.6. The van der Waals surface area contributed by atoms with Crippen molar-refractivity contribution in [2.75, 3.05) is 38.7 Å². The molecule has 212 valence electrons. The Morgan fingerprint density at radius 2 is 2.08 bits per heavy atom. The number of hydrogen-bond donors (Lipinski definition) is 2. The van der Waals surface area contributed by atoms with Crippen molar-refractivity contribution in [1.82, 2.24) is 24.8 Å². The van der Waals surface area contributed by atoms with Gasteiger partial charge in [-0.25, -0.2) is 8.78 Å². The molecule has 2 atom stereocenters. The molecular weight excluding hydrogens is 547 g/mol. The summed E-state index contributed by atoms with van der Waals surface area (Å²) in [5.41, 5.74) is -5.81. The summed E-state index contributed by atoms with van der Waals surface area (Å²) < 4.78 is 81.7. The highest BCUT2D eigenvalue weighted by Crippen LogP contribution is 2.44. The Bertz CT molecular complexity index is 1330. The van der Waals surface area contributed by atoms with Gasteiger partial charge in [0.15, 0.2) is 5.67 Å². The van der Waals surface area contributed by atoms with Crippen LogP contribution in [0.1, 0.15) is 25.2 Å². The second-order valence-electron chi connectivity index (χ2n) is 9.68. The Balaban J connectivity index is 1.41. The molecule has 2 aliphatic heterocycles. The average Bonchev–Trinajstić information content (AvgIpc) is 3.49. The number of rotatable bonds is 7. The number of nitrogens with zero attached hydrogens (tertiary/aromatic N) is 4. The lowest BCUT2D eigenvalue weighted by molar-refractivity contribution is -0.139. The maximum atomic E-state index is 14.8. The molecule has 3 aromatic rings. The smallest absolute Gasteiger partial charge is 0.381 e. The van der Waals surface area contributed by atoms with Crippen molar-refractivity contribution in [3.8, 4) is 11.4 Å². The van der Waals surface area contributed by atoms with Crippen molar-refractivity contribution in [1.29, 1.82) is 0 Å². The van der Waals surface area contributed by atoms with E-state index in [1.165, 1.54) is 16.7 Å². The molecule has 5 heterocycles. The fourth-order valence-electron chi connectivity index (χ4n) is 4.76. The summed E-state index contributed by atoms with van der Waals surface area (Å²) in [5.74, 6) is -1.08. The van der Waals surface area contributed by atoms with Crippen LogP contribution in [-0.2, 0) is 16.1 Å². The molecule has 1 amide bonds. The highest BCUT2D eigenvalue weighted by Gasteiger charge is 2.40. The number of carbonyl (C=O) groups is 1. The SMILES string of the molecule is CN1CC[C@@H](Nc2cccn3c(SC(F)(F)F)c(-c4noc(CNC(=O)C5(F)CCOCC5)n4)cc23)[C@@H](F)C1. The molecule has 0 radical (unpaired) electrons. The Hall–Kier alpha value is -2.91. The van der Waals surface area contributed by atoms with Gasteiger partial charge >= 0.3 is 5.51 Å². The van der Waals surface area contributed by atoms with Crippen LogP contribution in [0.2, 0.25) is 0 Å². The van der Waals surface area contributed by atoms with E-state index >= 15 is 0 Å². The third-order valence-corrected chi connectivity index (χ3v) is 7.70. The predicted molar refractivity (Wildman–Crippen MR) is 133 cm³/mol. The molecule has 15 heteroatoms. The van der Waals surface area contributed by atoms with Crippen LogP contribution in [0, 0.1) is 0 Å². The number of fused-ring (bicyclic) bond motifs is 1. The van der Waals surface area contributed by atoms with Gasteiger partial charge < -0.3 is 29.2 Å². The van der Waals surface area contributed by atoms with Gasteiger partial charge in [-0.2, -0.15) is 18.2 Å². The minimum Gasteiger partial charge on any atom is -0.381 e. The summed E-state index contributed by atoms with van der Waals surface area (Å²) in [6.07, 6.45) is 0.682. The zero-order valence-corrected chi connectivity index (χ0v) is 21.7. The summed E-state index contributed by atoms with van der Waals surface area (Å²) in [4.78, 5) is 18.4. The average molecular weight is 575 g/mol. The van der Waals surface area contributed by atoms with E-state index in [0.29, 0.717) is 24.2 Å². The number of halogens is 5. The lowest BCUT2D eigenvalue weighted by Crippen LogP contribution is -2.46. The lowest BCUT2D eigenvalue weighted by Gasteiger charge is -2.33. The molecule has 0 saturated carbocycles. The third kappa shape index (κ3) is 6.14. The van der Waals surface area contributed by atoms with E-state index in [1.54, 1.807) is 12.1 Å². The molecule has 0 aromatic carbocycles. The Morgan fingerprint density at radius 1 is 1.31 bits per heavy atom. The van der Waals surface area contributed by atoms with Crippen molar-refractivity contribution in [2.24, 2.45) is 0 Å². The fourth-order valence-corrected chi connectivity index (χ4v) is 5.50. The number of likely N-dealkylation sites (tertiary alicyclic amines) is 1. The number of carbonyl (C=O) groups excluding carboxylic acids is 1. The summed E-state index contributed by atoms with van der Waals surface area (Å²) in [5, 5.41) is 9.17. The standard InChI is InChI=1S/C24H27F5N6O3S/c1-34-8-4-16(15(25)13-34)31-17-3-2-7-35-18(17)11-14(21(35)39-24(27,28)29)20-32-19(38-33-20)12-30-22(36)23(26)5-9-37-10-6-23/h2-3,7,11,15-16,31H,4-6,8-10,12-13H2,1H3,(H,30,36)/t15-,16+/m0/s1. The number of amides is 1. The number of alkyl halides is 5. The van der Waals surface area contributed by atoms with E-state index in [1.807, 2.05) is 11.9 Å². The van der Waals surface area contributed by atoms with Gasteiger partial charge in [0.1, 0.15) is 6.17 Å². The topological polar surface area (TPSA) is 96.9 Å². The second kappa shape index (κ2) is 10.9. The van der Waals surface area contributed by atoms with Gasteiger partial charge in [0.25, 0.3) is 5.91 Å². The molecule has 2 saturated heterocycles. The first-order chi connectivity index (χ1) is 18.5. The van der Waals surface area contributed by atoms with E-state index in [-0.39, 0.29) is 73.2 Å². The molecule has 0 bridgehead atoms. The quantitative estimate of drug-likeness (QED) is 0.321. The van der Waals surface area contributed by atoms with Crippen LogP contribution in [0.4, 0.5) is 27.6 Å². The summed E-state index contributed by atoms with van der Waals surface area (Å²) in [6.45, 7) is 0.881. The van der Waals surface area contributed by atoms with Gasteiger partial charge in [0, 0.05) is 43.9 Å². The number of piperidine rings is 1. The number of aromatic nitrogens is 3. The van der Waals surface area contributed by atoms with Crippen molar-refractivity contribution in [2.45, 2.75) is 54.2 Å². The third-order valence-electron chi connectivity index (χ3n) is 6.86. The number of ether oxygens (including phenoxy) is 1. The van der Waals surface area contributed by atoms with Gasteiger partial charge in [0.2, 0.25) is 11.7 Å². The monoisotopic (exact) mass is 574 g/mol. The van der Waals surface area contributed by atoms with Crippen molar-refractivity contribution in [3.05, 3.63) is 30.3 Å². The van der Waals surface area contributed by atoms with E-state index < -0.39 is 29.3 Å². The minimum atomic E-state index is -4.62. The Kier molecular flexibility index (Phi) is 7.75. The molecule has 2 fully saturated rings. The summed E-state index contributed by atoms with van der Waals surface area (Å²) in [6, 6.07) is 4.22. The van der Waals surface area contributed by atoms with Crippen molar-refractivity contribution in [3.63, 3.8) is 0 Å². The van der Waals surface area contributed by atoms with Crippen LogP contribution in [0.5, 0.6) is 0 Å². The number of nitrogens with one attached hydrogen (secondary N) is 2. The minimum absolute atomic E-state index is 0.0412. The fraction of sp³-hybridized carbons (Fsp3) is 0.542. The highest BCUT2D eigenvalue weighted by molar-refractivity contribution is 8.00. The van der Waals surface area contributed by atoms with Gasteiger partial charge in [-0.05, 0) is 31.7 Å². The molecule has 5 rings (SSSR count). The second-order valence-corrected chi connectivity index (χ2v) is 10.7. The van der Waals surface area contributed by atoms with E-state index in [2.05, 4.69) is 20.8 Å². The first-order valence-corrected chi connectivity index (χ1v) is 13.2. The first-order valence-electron chi connectivity index (χ1n) is 12.4. The molecular formula is C24H27F5N6O3S. The van der Waals surface area contributed by atoms with Crippen LogP contribution in [0.15, 0.2) is 33.9 Å². The normalized spacial score (nSPS) is 22.2. The zero-order chi connectivity index (χ0) is 27.8. The van der Waals surface area contributed by atoms with Crippen molar-refractivity contribution >= 4 is 28.9 Å². The van der Waals surface area contributed by atoms with Gasteiger partial charge in [-0.3, -0.25) is 4.79 Å². The number of pyridine rings is 1. The van der Waals surface area contributed by atoms with E-state index in [9.17, 15) is 26.7 Å². The highest BCUT2D eigenvalue weighted by atomic mass is 32.2. The van der Waals surface area contributed by atoms with Crippen LogP contribution in [-0.4, -0.2) is 82.1 Å². The maximum absolute atomic E-state index is 14.8. The Labute approximate surface area is 224 Å². The van der Waals surface area contributed by atoms with Crippen LogP contribution >= 0.6 is 11.8 Å². The van der Waals surface area contributed by atoms with Crippen LogP contribution < -0.4 is 10.6 Å². The summed E-state index contributed by atoms with van der Waals surface area (Å²) in [7, 11) is 1.83. The van der Waals surface area contributed by atoms with Gasteiger partial charge in [-0.15, -0.1) is 0 Å². The molecule has 0 aliphatic carbocycles. The molecule has 0 unspecified atom stereocenters. The van der Waals surface area contributed by atoms with Gasteiger partial charge in [0.05, 0.1) is 47.6 Å². The zero-order valence-electron chi connectivity index (χ0n) is 20.9. The molecule has 9 nitrogen and oxygen atoms in total. The largest absolute Gasteiger partial charge is 0.447 e. The van der Waals surface area contributed by atoms with E-state index in [4.69, 9.17) is 9.26 Å². The molecule has 39 heavy (non-hydrogen) atoms. The molecule has 2 N–H and O–H groups in total. The predicted octanol–water partition coefficient (Wildman–Crippen LogP) is 4.19. The summed E-state index contributed by atoms with van der Waals surface area (Å²) >= 11 is -0.339. The van der Waals surface area contributed by atoms with E-state index in [0.717, 1.165) is 0 Å². The van der Waals surface area contributed by atoms with Gasteiger partial charge in [-0.1, -0.05) is 5.16 Å². The molecule has 3 aromatic heterocycles. The van der Waals surface area contributed by atoms with Crippen molar-refractivity contribution < 1.29 is 36.0 Å². The molecule has 2 aliphatic rings. The number of anilines is 1. The Morgan fingerprint density at radius 3 is 2.79 bits per heavy atom. The number of thioether (sulfide) groups is 1. The maximum Gasteiger partial charge on any atom is 0.447 e. The van der Waals surface area contributed by atoms with Crippen LogP contribution in [0.25, 0.3) is 16.9 Å². The van der Waals surface area contributed by atoms with Crippen LogP contribution in [0.3, 0.4) is 0 Å². The molecule has 0 spiro atoms. The number of hydrogen-bond acceptors (Lipinski definition) is 8. The lowest BCUT2D eigenvalue weighted by atomic mass is 9.95.